The van der Waals surface area contributed by atoms with Crippen LogP contribution in [0.15, 0.2) is 12.2 Å². The second kappa shape index (κ2) is 5.29. The fraction of sp³-hybridized carbons (Fsp3) is 0.842. The summed E-state index contributed by atoms with van der Waals surface area (Å²) in [5.41, 5.74) is -1.58. The number of fused-ring (bicyclic) bond motifs is 2. The number of esters is 1. The number of aliphatic hydroxyl groups excluding tert-OH is 5. The van der Waals surface area contributed by atoms with Gasteiger partial charge in [-0.05, 0) is 12.3 Å². The van der Waals surface area contributed by atoms with E-state index in [1.54, 1.807) is 20.8 Å². The molecule has 3 aliphatic carbocycles. The lowest BCUT2D eigenvalue weighted by Gasteiger charge is -2.66. The third-order valence-corrected chi connectivity index (χ3v) is 8.11. The second-order valence-electron chi connectivity index (χ2n) is 9.23. The standard InChI is InChI=1S/C19H28O7/c1-6-5-8(20)15(24)18(3)9(6)12(22)16-19(4)10(17(25)26-16)7(2)11(21)13(23)14(18)19/h7-16,20-24H,1,5H2,2-4H3/t7-,8+,9+,10+,11-,12-,13-,14-,15-,16-,18+,19+/m1/s1. The van der Waals surface area contributed by atoms with E-state index in [0.29, 0.717) is 5.57 Å². The maximum absolute atomic E-state index is 12.6. The molecule has 0 aromatic carbocycles. The van der Waals surface area contributed by atoms with Crippen LogP contribution in [0.5, 0.6) is 0 Å². The minimum absolute atomic E-state index is 0.126. The van der Waals surface area contributed by atoms with Crippen molar-refractivity contribution in [2.24, 2.45) is 34.5 Å². The molecule has 4 aliphatic rings. The lowest BCUT2D eigenvalue weighted by Crippen LogP contribution is -2.75. The summed E-state index contributed by atoms with van der Waals surface area (Å²) in [7, 11) is 0. The SMILES string of the molecule is C=C1C[C@H](O)[C@@H](O)[C@]2(C)[C@H]3[C@H](O)[C@H](O)[C@H](C)[C@H]4C(=O)O[C@H]([C@H](O)[C@H]12)[C@]34C. The lowest BCUT2D eigenvalue weighted by atomic mass is 9.38. The topological polar surface area (TPSA) is 127 Å². The van der Waals surface area contributed by atoms with Crippen molar-refractivity contribution in [2.75, 3.05) is 0 Å². The second-order valence-corrected chi connectivity index (χ2v) is 9.23. The van der Waals surface area contributed by atoms with Crippen LogP contribution in [0.1, 0.15) is 27.2 Å². The number of carbonyl (C=O) groups excluding carboxylic acids is 1. The van der Waals surface area contributed by atoms with Crippen LogP contribution in [-0.2, 0) is 9.53 Å². The molecule has 12 atom stereocenters. The van der Waals surface area contributed by atoms with E-state index in [-0.39, 0.29) is 6.42 Å². The first-order chi connectivity index (χ1) is 12.0. The normalized spacial score (nSPS) is 61.7. The van der Waals surface area contributed by atoms with E-state index in [9.17, 15) is 30.3 Å². The third kappa shape index (κ3) is 1.79. The summed E-state index contributed by atoms with van der Waals surface area (Å²) < 4.78 is 5.57. The summed E-state index contributed by atoms with van der Waals surface area (Å²) in [6, 6.07) is 0. The molecule has 0 aromatic heterocycles. The van der Waals surface area contributed by atoms with E-state index < -0.39 is 77.1 Å². The van der Waals surface area contributed by atoms with E-state index in [0.717, 1.165) is 0 Å². The first-order valence-electron chi connectivity index (χ1n) is 9.27. The number of rotatable bonds is 0. The molecule has 0 bridgehead atoms. The number of aliphatic hydroxyl groups is 5. The van der Waals surface area contributed by atoms with E-state index in [2.05, 4.69) is 6.58 Å². The number of ether oxygens (including phenoxy) is 1. The van der Waals surface area contributed by atoms with Gasteiger partial charge < -0.3 is 30.3 Å². The quantitative estimate of drug-likeness (QED) is 0.280. The molecule has 0 spiro atoms. The molecule has 146 valence electrons. The fourth-order valence-corrected chi connectivity index (χ4v) is 7.16. The molecule has 4 fully saturated rings. The summed E-state index contributed by atoms with van der Waals surface area (Å²) >= 11 is 0. The Kier molecular flexibility index (Phi) is 3.74. The van der Waals surface area contributed by atoms with E-state index in [1.165, 1.54) is 0 Å². The Morgan fingerprint density at radius 1 is 1.00 bits per heavy atom. The zero-order chi connectivity index (χ0) is 19.3. The van der Waals surface area contributed by atoms with Gasteiger partial charge in [0.15, 0.2) is 0 Å². The monoisotopic (exact) mass is 368 g/mol. The molecule has 1 aliphatic heterocycles. The Balaban J connectivity index is 1.97. The number of hydrogen-bond acceptors (Lipinski definition) is 7. The lowest BCUT2D eigenvalue weighted by molar-refractivity contribution is -0.283. The Morgan fingerprint density at radius 3 is 2.23 bits per heavy atom. The van der Waals surface area contributed by atoms with Gasteiger partial charge in [-0.15, -0.1) is 0 Å². The molecule has 0 radical (unpaired) electrons. The first-order valence-corrected chi connectivity index (χ1v) is 9.27. The molecule has 5 N–H and O–H groups in total. The van der Waals surface area contributed by atoms with Gasteiger partial charge in [0.25, 0.3) is 0 Å². The van der Waals surface area contributed by atoms with E-state index in [1.807, 2.05) is 0 Å². The smallest absolute Gasteiger partial charge is 0.310 e. The maximum atomic E-state index is 12.6. The Bertz CT molecular complexity index is 664. The highest BCUT2D eigenvalue weighted by molar-refractivity contribution is 5.77. The van der Waals surface area contributed by atoms with E-state index >= 15 is 0 Å². The molecular weight excluding hydrogens is 340 g/mol. The van der Waals surface area contributed by atoms with Crippen LogP contribution < -0.4 is 0 Å². The average molecular weight is 368 g/mol. The molecule has 0 unspecified atom stereocenters. The Morgan fingerprint density at radius 2 is 1.62 bits per heavy atom. The van der Waals surface area contributed by atoms with Crippen molar-refractivity contribution in [1.29, 1.82) is 0 Å². The highest BCUT2D eigenvalue weighted by Crippen LogP contribution is 2.69. The van der Waals surface area contributed by atoms with Crippen molar-refractivity contribution >= 4 is 5.97 Å². The summed E-state index contributed by atoms with van der Waals surface area (Å²) in [6.45, 7) is 9.16. The molecule has 3 saturated carbocycles. The summed E-state index contributed by atoms with van der Waals surface area (Å²) in [6.07, 6.45) is -6.54. The van der Waals surface area contributed by atoms with Crippen molar-refractivity contribution in [1.82, 2.24) is 0 Å². The van der Waals surface area contributed by atoms with Gasteiger partial charge in [-0.3, -0.25) is 4.79 Å². The molecule has 26 heavy (non-hydrogen) atoms. The molecule has 4 rings (SSSR count). The summed E-state index contributed by atoms with van der Waals surface area (Å²) in [5.74, 6) is -3.17. The van der Waals surface area contributed by atoms with Gasteiger partial charge in [-0.25, -0.2) is 0 Å². The van der Waals surface area contributed by atoms with Crippen LogP contribution in [-0.4, -0.2) is 68.1 Å². The molecule has 0 aromatic rings. The third-order valence-electron chi connectivity index (χ3n) is 8.11. The predicted molar refractivity (Wildman–Crippen MR) is 89.5 cm³/mol. The van der Waals surface area contributed by atoms with Crippen molar-refractivity contribution < 1.29 is 35.1 Å². The highest BCUT2D eigenvalue weighted by Gasteiger charge is 2.77. The molecular formula is C19H28O7. The Labute approximate surface area is 152 Å². The molecule has 7 nitrogen and oxygen atoms in total. The van der Waals surface area contributed by atoms with Gasteiger partial charge in [0, 0.05) is 22.7 Å². The van der Waals surface area contributed by atoms with Gasteiger partial charge in [0.1, 0.15) is 6.10 Å². The minimum Gasteiger partial charge on any atom is -0.459 e. The van der Waals surface area contributed by atoms with Crippen molar-refractivity contribution in [3.05, 3.63) is 12.2 Å². The zero-order valence-electron chi connectivity index (χ0n) is 15.2. The van der Waals surface area contributed by atoms with Crippen molar-refractivity contribution in [3.63, 3.8) is 0 Å². The van der Waals surface area contributed by atoms with Crippen LogP contribution >= 0.6 is 0 Å². The van der Waals surface area contributed by atoms with Gasteiger partial charge in [-0.1, -0.05) is 32.9 Å². The molecule has 7 heteroatoms. The zero-order valence-corrected chi connectivity index (χ0v) is 15.2. The van der Waals surface area contributed by atoms with Gasteiger partial charge in [0.2, 0.25) is 0 Å². The fourth-order valence-electron chi connectivity index (χ4n) is 7.16. The molecule has 1 heterocycles. The number of hydrogen-bond donors (Lipinski definition) is 5. The largest absolute Gasteiger partial charge is 0.459 e. The first kappa shape index (κ1) is 18.4. The van der Waals surface area contributed by atoms with Crippen LogP contribution in [0, 0.1) is 34.5 Å². The van der Waals surface area contributed by atoms with Gasteiger partial charge >= 0.3 is 5.97 Å². The van der Waals surface area contributed by atoms with Crippen molar-refractivity contribution in [3.8, 4) is 0 Å². The highest BCUT2D eigenvalue weighted by atomic mass is 16.6. The van der Waals surface area contributed by atoms with Crippen LogP contribution in [0.3, 0.4) is 0 Å². The minimum atomic E-state index is -1.23. The number of carbonyl (C=O) groups is 1. The van der Waals surface area contributed by atoms with Crippen LogP contribution in [0.4, 0.5) is 0 Å². The average Bonchev–Trinajstić information content (AvgIpc) is 2.81. The van der Waals surface area contributed by atoms with Crippen molar-refractivity contribution in [2.45, 2.75) is 63.8 Å². The Hall–Kier alpha value is -0.990. The predicted octanol–water partition coefficient (Wildman–Crippen LogP) is -0.799. The van der Waals surface area contributed by atoms with Gasteiger partial charge in [-0.2, -0.15) is 0 Å². The van der Waals surface area contributed by atoms with E-state index in [4.69, 9.17) is 4.74 Å². The summed E-state index contributed by atoms with van der Waals surface area (Å²) in [5, 5.41) is 54.1. The summed E-state index contributed by atoms with van der Waals surface area (Å²) in [4.78, 5) is 12.6. The molecule has 0 amide bonds. The van der Waals surface area contributed by atoms with Crippen LogP contribution in [0.25, 0.3) is 0 Å². The maximum Gasteiger partial charge on any atom is 0.310 e. The molecule has 1 saturated heterocycles. The van der Waals surface area contributed by atoms with Crippen LogP contribution in [0.2, 0.25) is 0 Å². The van der Waals surface area contributed by atoms with Gasteiger partial charge in [0.05, 0.1) is 36.4 Å².